The predicted molar refractivity (Wildman–Crippen MR) is 98.0 cm³/mol. The maximum atomic E-state index is 12.9. The van der Waals surface area contributed by atoms with E-state index in [9.17, 15) is 9.18 Å². The van der Waals surface area contributed by atoms with Crippen LogP contribution >= 0.6 is 0 Å². The number of nitrogens with zero attached hydrogens (tertiary/aromatic N) is 5. The zero-order valence-corrected chi connectivity index (χ0v) is 15.2. The molecule has 0 unspecified atom stereocenters. The number of halogens is 1. The van der Waals surface area contributed by atoms with Crippen LogP contribution < -0.4 is 10.1 Å². The molecular weight excluding hydrogens is 351 g/mol. The Morgan fingerprint density at radius 3 is 2.74 bits per heavy atom. The van der Waals surface area contributed by atoms with Crippen molar-refractivity contribution in [1.29, 1.82) is 0 Å². The zero-order valence-electron chi connectivity index (χ0n) is 15.2. The first-order valence-corrected chi connectivity index (χ1v) is 8.40. The fraction of sp³-hybridized carbons (Fsp3) is 0.278. The van der Waals surface area contributed by atoms with Gasteiger partial charge in [0.25, 0.3) is 5.91 Å². The van der Waals surface area contributed by atoms with E-state index in [-0.39, 0.29) is 24.1 Å². The SMILES string of the molecule is CN(C)CCn1cc(NC(=O)c2ccn(COc3ccc(F)cc3)n2)cn1. The van der Waals surface area contributed by atoms with E-state index >= 15 is 0 Å². The molecule has 0 aliphatic rings. The molecule has 2 aromatic heterocycles. The summed E-state index contributed by atoms with van der Waals surface area (Å²) in [5, 5.41) is 11.2. The monoisotopic (exact) mass is 372 g/mol. The number of ether oxygens (including phenoxy) is 1. The first kappa shape index (κ1) is 18.6. The van der Waals surface area contributed by atoms with Crippen LogP contribution in [0.25, 0.3) is 0 Å². The molecule has 1 N–H and O–H groups in total. The number of rotatable bonds is 8. The molecule has 9 heteroatoms. The minimum Gasteiger partial charge on any atom is -0.471 e. The fourth-order valence-electron chi connectivity index (χ4n) is 2.27. The van der Waals surface area contributed by atoms with Gasteiger partial charge in [-0.1, -0.05) is 0 Å². The van der Waals surface area contributed by atoms with Gasteiger partial charge in [0.15, 0.2) is 12.4 Å². The lowest BCUT2D eigenvalue weighted by Crippen LogP contribution is -2.18. The Morgan fingerprint density at radius 2 is 2.00 bits per heavy atom. The maximum Gasteiger partial charge on any atom is 0.276 e. The molecule has 0 bridgehead atoms. The first-order chi connectivity index (χ1) is 13.0. The van der Waals surface area contributed by atoms with Crippen molar-refractivity contribution >= 4 is 11.6 Å². The summed E-state index contributed by atoms with van der Waals surface area (Å²) in [4.78, 5) is 14.4. The number of amides is 1. The second kappa shape index (κ2) is 8.45. The van der Waals surface area contributed by atoms with Crippen LogP contribution in [0.4, 0.5) is 10.1 Å². The molecule has 3 rings (SSSR count). The second-order valence-electron chi connectivity index (χ2n) is 6.22. The minimum atomic E-state index is -0.331. The van der Waals surface area contributed by atoms with Crippen LogP contribution in [0.1, 0.15) is 10.5 Å². The Balaban J connectivity index is 1.53. The minimum absolute atomic E-state index is 0.112. The van der Waals surface area contributed by atoms with Gasteiger partial charge < -0.3 is 15.0 Å². The van der Waals surface area contributed by atoms with Crippen molar-refractivity contribution in [1.82, 2.24) is 24.5 Å². The average Bonchev–Trinajstić information content (AvgIpc) is 3.29. The standard InChI is InChI=1S/C18H21FN6O2/c1-23(2)9-10-24-12-15(11-20-24)21-18(26)17-7-8-25(22-17)13-27-16-5-3-14(19)4-6-16/h3-8,11-12H,9-10,13H2,1-2H3,(H,21,26). The van der Waals surface area contributed by atoms with E-state index in [2.05, 4.69) is 20.4 Å². The molecule has 0 fully saturated rings. The molecule has 2 heterocycles. The van der Waals surface area contributed by atoms with E-state index in [0.717, 1.165) is 13.1 Å². The molecule has 0 saturated carbocycles. The van der Waals surface area contributed by atoms with Crippen molar-refractivity contribution in [2.75, 3.05) is 26.0 Å². The third-order valence-electron chi connectivity index (χ3n) is 3.72. The summed E-state index contributed by atoms with van der Waals surface area (Å²) < 4.78 is 21.6. The third-order valence-corrected chi connectivity index (χ3v) is 3.72. The lowest BCUT2D eigenvalue weighted by molar-refractivity contribution is 0.102. The average molecular weight is 372 g/mol. The van der Waals surface area contributed by atoms with E-state index in [1.165, 1.54) is 28.9 Å². The Labute approximate surface area is 156 Å². The van der Waals surface area contributed by atoms with Crippen molar-refractivity contribution in [2.24, 2.45) is 0 Å². The molecule has 1 aromatic carbocycles. The zero-order chi connectivity index (χ0) is 19.2. The Kier molecular flexibility index (Phi) is 5.82. The van der Waals surface area contributed by atoms with Gasteiger partial charge >= 0.3 is 0 Å². The molecule has 0 spiro atoms. The Bertz CT molecular complexity index is 887. The number of aromatic nitrogens is 4. The van der Waals surface area contributed by atoms with Crippen molar-refractivity contribution < 1.29 is 13.9 Å². The van der Waals surface area contributed by atoms with Gasteiger partial charge in [-0.25, -0.2) is 9.07 Å². The van der Waals surface area contributed by atoms with Gasteiger partial charge in [0.05, 0.1) is 18.4 Å². The molecule has 27 heavy (non-hydrogen) atoms. The van der Waals surface area contributed by atoms with E-state index in [4.69, 9.17) is 4.74 Å². The topological polar surface area (TPSA) is 77.2 Å². The highest BCUT2D eigenvalue weighted by Crippen LogP contribution is 2.12. The van der Waals surface area contributed by atoms with E-state index in [1.54, 1.807) is 29.3 Å². The lowest BCUT2D eigenvalue weighted by Gasteiger charge is -2.08. The van der Waals surface area contributed by atoms with Gasteiger partial charge in [0.2, 0.25) is 0 Å². The molecule has 1 amide bonds. The number of benzene rings is 1. The second-order valence-corrected chi connectivity index (χ2v) is 6.22. The molecule has 0 radical (unpaired) electrons. The number of hydrogen-bond acceptors (Lipinski definition) is 5. The van der Waals surface area contributed by atoms with E-state index < -0.39 is 0 Å². The van der Waals surface area contributed by atoms with Crippen molar-refractivity contribution in [3.63, 3.8) is 0 Å². The van der Waals surface area contributed by atoms with Crippen molar-refractivity contribution in [3.8, 4) is 5.75 Å². The Morgan fingerprint density at radius 1 is 1.22 bits per heavy atom. The van der Waals surface area contributed by atoms with Crippen LogP contribution in [0.3, 0.4) is 0 Å². The van der Waals surface area contributed by atoms with Crippen LogP contribution in [0.2, 0.25) is 0 Å². The van der Waals surface area contributed by atoms with Crippen molar-refractivity contribution in [2.45, 2.75) is 13.3 Å². The fourth-order valence-corrected chi connectivity index (χ4v) is 2.27. The quantitative estimate of drug-likeness (QED) is 0.655. The predicted octanol–water partition coefficient (Wildman–Crippen LogP) is 2.07. The number of anilines is 1. The molecule has 0 atom stereocenters. The number of nitrogens with one attached hydrogen (secondary N) is 1. The van der Waals surface area contributed by atoms with Crippen molar-refractivity contribution in [3.05, 3.63) is 60.4 Å². The Hall–Kier alpha value is -3.20. The molecule has 0 aliphatic heterocycles. The maximum absolute atomic E-state index is 12.9. The number of carbonyl (C=O) groups excluding carboxylic acids is 1. The summed E-state index contributed by atoms with van der Waals surface area (Å²) in [5.41, 5.74) is 0.870. The van der Waals surface area contributed by atoms with Crippen LogP contribution in [-0.4, -0.2) is 51.0 Å². The third kappa shape index (κ3) is 5.38. The number of hydrogen-bond donors (Lipinski definition) is 1. The van der Waals surface area contributed by atoms with E-state index in [0.29, 0.717) is 11.4 Å². The molecule has 3 aromatic rings. The molecular formula is C18H21FN6O2. The number of likely N-dealkylation sites (N-methyl/N-ethyl adjacent to an activating group) is 1. The van der Waals surface area contributed by atoms with Gasteiger partial charge in [-0.3, -0.25) is 9.48 Å². The van der Waals surface area contributed by atoms with Gasteiger partial charge in [-0.05, 0) is 44.4 Å². The largest absolute Gasteiger partial charge is 0.471 e. The van der Waals surface area contributed by atoms with Crippen LogP contribution in [0.5, 0.6) is 5.75 Å². The van der Waals surface area contributed by atoms with Crippen LogP contribution in [-0.2, 0) is 13.3 Å². The van der Waals surface area contributed by atoms with Gasteiger partial charge in [-0.15, -0.1) is 0 Å². The summed E-state index contributed by atoms with van der Waals surface area (Å²) in [6.45, 7) is 1.70. The highest BCUT2D eigenvalue weighted by Gasteiger charge is 2.11. The summed E-state index contributed by atoms with van der Waals surface area (Å²) in [5.74, 6) is -0.142. The number of carbonyl (C=O) groups is 1. The summed E-state index contributed by atoms with van der Waals surface area (Å²) in [6.07, 6.45) is 5.01. The van der Waals surface area contributed by atoms with Gasteiger partial charge in [-0.2, -0.15) is 10.2 Å². The van der Waals surface area contributed by atoms with Gasteiger partial charge in [0, 0.05) is 18.9 Å². The molecule has 142 valence electrons. The van der Waals surface area contributed by atoms with Crippen LogP contribution in [0.15, 0.2) is 48.9 Å². The highest BCUT2D eigenvalue weighted by molar-refractivity contribution is 6.02. The smallest absolute Gasteiger partial charge is 0.276 e. The summed E-state index contributed by atoms with van der Waals surface area (Å²) >= 11 is 0. The van der Waals surface area contributed by atoms with E-state index in [1.807, 2.05) is 14.1 Å². The first-order valence-electron chi connectivity index (χ1n) is 8.40. The van der Waals surface area contributed by atoms with Crippen LogP contribution in [0, 0.1) is 5.82 Å². The summed E-state index contributed by atoms with van der Waals surface area (Å²) in [6, 6.07) is 7.28. The van der Waals surface area contributed by atoms with Gasteiger partial charge in [0.1, 0.15) is 11.6 Å². The summed E-state index contributed by atoms with van der Waals surface area (Å²) in [7, 11) is 3.98. The normalized spacial score (nSPS) is 11.0. The molecule has 0 aliphatic carbocycles. The lowest BCUT2D eigenvalue weighted by atomic mass is 10.3. The molecule has 8 nitrogen and oxygen atoms in total. The molecule has 0 saturated heterocycles. The highest BCUT2D eigenvalue weighted by atomic mass is 19.1.